The molecule has 5 N–H and O–H groups in total. The number of hydrogen-bond donors (Lipinski definition) is 5. The zero-order chi connectivity index (χ0) is 28.8. The number of carbonyl (C=O) groups excluding carboxylic acids is 1. The number of hydrogen-bond acceptors (Lipinski definition) is 6. The zero-order valence-electron chi connectivity index (χ0n) is 22.4. The van der Waals surface area contributed by atoms with Crippen LogP contribution in [0.3, 0.4) is 0 Å². The second-order valence-electron chi connectivity index (χ2n) is 9.60. The normalized spacial score (nSPS) is 12.5. The highest BCUT2D eigenvalue weighted by Crippen LogP contribution is 2.27. The van der Waals surface area contributed by atoms with Crippen molar-refractivity contribution in [3.8, 4) is 0 Å². The first kappa shape index (κ1) is 28.3. The van der Waals surface area contributed by atoms with Gasteiger partial charge >= 0.3 is 12.1 Å². The Morgan fingerprint density at radius 3 is 2.55 bits per heavy atom. The monoisotopic (exact) mass is 546 g/mol. The summed E-state index contributed by atoms with van der Waals surface area (Å²) in [4.78, 5) is 39.3. The Morgan fingerprint density at radius 1 is 1.05 bits per heavy atom. The van der Waals surface area contributed by atoms with Gasteiger partial charge in [-0.2, -0.15) is 0 Å². The number of carboxylic acid groups (broad SMARTS) is 1. The minimum atomic E-state index is -1.07. The van der Waals surface area contributed by atoms with E-state index in [9.17, 15) is 23.9 Å². The zero-order valence-corrected chi connectivity index (χ0v) is 22.4. The predicted octanol–water partition coefficient (Wildman–Crippen LogP) is 5.29. The molecular weight excluding hydrogens is 515 g/mol. The Kier molecular flexibility index (Phi) is 8.80. The second kappa shape index (κ2) is 12.4. The van der Waals surface area contributed by atoms with Crippen molar-refractivity contribution >= 4 is 34.2 Å². The Bertz CT molecular complexity index is 1600. The summed E-state index contributed by atoms with van der Waals surface area (Å²) in [5.41, 5.74) is 3.37. The Morgan fingerprint density at radius 2 is 1.82 bits per heavy atom. The summed E-state index contributed by atoms with van der Waals surface area (Å²) in [7, 11) is 1.70. The largest absolute Gasteiger partial charge is 0.479 e. The van der Waals surface area contributed by atoms with E-state index in [-0.39, 0.29) is 23.9 Å². The van der Waals surface area contributed by atoms with Crippen LogP contribution in [0.4, 0.5) is 20.6 Å². The van der Waals surface area contributed by atoms with Crippen LogP contribution in [0.25, 0.3) is 10.8 Å². The maximum absolute atomic E-state index is 13.8. The van der Waals surface area contributed by atoms with Crippen molar-refractivity contribution in [1.82, 2.24) is 10.3 Å². The van der Waals surface area contributed by atoms with E-state index >= 15 is 0 Å². The van der Waals surface area contributed by atoms with Crippen LogP contribution in [0.5, 0.6) is 0 Å². The fraction of sp³-hybridized carbons (Fsp3) is 0.233. The highest BCUT2D eigenvalue weighted by atomic mass is 19.1. The van der Waals surface area contributed by atoms with E-state index in [1.807, 2.05) is 19.9 Å². The molecular formula is C30H31FN4O5. The van der Waals surface area contributed by atoms with Crippen molar-refractivity contribution in [2.24, 2.45) is 0 Å². The Labute approximate surface area is 230 Å². The van der Waals surface area contributed by atoms with Crippen LogP contribution in [0.2, 0.25) is 0 Å². The van der Waals surface area contributed by atoms with E-state index in [2.05, 4.69) is 20.9 Å². The average molecular weight is 547 g/mol. The lowest BCUT2D eigenvalue weighted by Crippen LogP contribution is -2.21. The van der Waals surface area contributed by atoms with Gasteiger partial charge in [-0.15, -0.1) is 0 Å². The summed E-state index contributed by atoms with van der Waals surface area (Å²) >= 11 is 0. The molecule has 2 atom stereocenters. The SMILES string of the molecule is CNCc1cc(NC(=O)OC[C@H](C)c2ccc(C(Nc3ccc4cc[nH]c(=O)c4c3)C(=O)O)cc2C)ccc1F. The summed E-state index contributed by atoms with van der Waals surface area (Å²) in [6.07, 6.45) is 0.903. The van der Waals surface area contributed by atoms with Crippen LogP contribution in [0, 0.1) is 12.7 Å². The highest BCUT2D eigenvalue weighted by Gasteiger charge is 2.22. The van der Waals surface area contributed by atoms with Gasteiger partial charge < -0.3 is 25.5 Å². The number of carboxylic acids is 1. The smallest absolute Gasteiger partial charge is 0.411 e. The fourth-order valence-corrected chi connectivity index (χ4v) is 4.58. The van der Waals surface area contributed by atoms with Crippen LogP contribution in [-0.4, -0.2) is 35.8 Å². The number of nitrogens with one attached hydrogen (secondary N) is 4. The molecule has 0 saturated carbocycles. The lowest BCUT2D eigenvalue weighted by molar-refractivity contribution is -0.138. The van der Waals surface area contributed by atoms with Crippen molar-refractivity contribution in [3.05, 3.63) is 105 Å². The van der Waals surface area contributed by atoms with E-state index in [0.717, 1.165) is 16.5 Å². The molecule has 10 heteroatoms. The van der Waals surface area contributed by atoms with Gasteiger partial charge in [0.25, 0.3) is 5.56 Å². The predicted molar refractivity (Wildman–Crippen MR) is 152 cm³/mol. The van der Waals surface area contributed by atoms with Crippen molar-refractivity contribution in [2.75, 3.05) is 24.3 Å². The molecule has 0 aliphatic rings. The quantitative estimate of drug-likeness (QED) is 0.183. The Balaban J connectivity index is 1.42. The summed E-state index contributed by atoms with van der Waals surface area (Å²) in [6.45, 7) is 4.18. The fourth-order valence-electron chi connectivity index (χ4n) is 4.58. The molecule has 40 heavy (non-hydrogen) atoms. The van der Waals surface area contributed by atoms with Crippen LogP contribution in [-0.2, 0) is 16.1 Å². The minimum Gasteiger partial charge on any atom is -0.479 e. The number of fused-ring (bicyclic) bond motifs is 1. The molecule has 3 aromatic carbocycles. The minimum absolute atomic E-state index is 0.0861. The topological polar surface area (TPSA) is 133 Å². The van der Waals surface area contributed by atoms with Crippen molar-refractivity contribution in [3.63, 3.8) is 0 Å². The number of benzene rings is 3. The molecule has 1 heterocycles. The first-order valence-corrected chi connectivity index (χ1v) is 12.7. The molecule has 4 aromatic rings. The van der Waals surface area contributed by atoms with Crippen LogP contribution in [0.1, 0.15) is 41.1 Å². The summed E-state index contributed by atoms with van der Waals surface area (Å²) < 4.78 is 19.2. The van der Waals surface area contributed by atoms with Gasteiger partial charge in [-0.25, -0.2) is 14.0 Å². The third kappa shape index (κ3) is 6.65. The summed E-state index contributed by atoms with van der Waals surface area (Å²) in [5, 5.41) is 19.6. The van der Waals surface area contributed by atoms with Gasteiger partial charge in [0, 0.05) is 41.0 Å². The number of carbonyl (C=O) groups is 2. The number of anilines is 2. The molecule has 1 unspecified atom stereocenters. The van der Waals surface area contributed by atoms with Gasteiger partial charge in [0.15, 0.2) is 6.04 Å². The molecule has 1 amide bonds. The lowest BCUT2D eigenvalue weighted by Gasteiger charge is -2.20. The van der Waals surface area contributed by atoms with Gasteiger partial charge in [-0.05, 0) is 72.4 Å². The molecule has 0 bridgehead atoms. The van der Waals surface area contributed by atoms with Gasteiger partial charge in [0.2, 0.25) is 0 Å². The molecule has 0 saturated heterocycles. The molecule has 0 spiro atoms. The summed E-state index contributed by atoms with van der Waals surface area (Å²) in [5.74, 6) is -1.61. The number of aliphatic carboxylic acids is 1. The molecule has 1 aromatic heterocycles. The van der Waals surface area contributed by atoms with Gasteiger partial charge in [-0.3, -0.25) is 10.1 Å². The number of ether oxygens (including phenoxy) is 1. The standard InChI is InChI=1S/C30H31FN4O5/c1-17-12-20(27(29(37)38)34-23-6-4-19-10-11-33-28(36)25(19)14-23)5-8-24(17)18(2)16-40-30(39)35-22-7-9-26(31)21(13-22)15-32-3/h4-14,18,27,32,34H,15-16H2,1-3H3,(H,33,36)(H,35,39)(H,37,38)/t18-,27?/m0/s1. The molecule has 9 nitrogen and oxygen atoms in total. The van der Waals surface area contributed by atoms with Crippen LogP contribution < -0.4 is 21.5 Å². The van der Waals surface area contributed by atoms with E-state index in [1.54, 1.807) is 55.7 Å². The van der Waals surface area contributed by atoms with E-state index in [0.29, 0.717) is 34.4 Å². The third-order valence-electron chi connectivity index (χ3n) is 6.62. The molecule has 0 aliphatic carbocycles. The Hall–Kier alpha value is -4.70. The maximum atomic E-state index is 13.8. The lowest BCUT2D eigenvalue weighted by atomic mass is 9.93. The molecule has 208 valence electrons. The number of rotatable bonds is 10. The van der Waals surface area contributed by atoms with Gasteiger partial charge in [0.05, 0.1) is 6.61 Å². The van der Waals surface area contributed by atoms with Crippen molar-refractivity contribution < 1.29 is 23.8 Å². The number of H-pyrrole nitrogens is 1. The molecule has 0 radical (unpaired) electrons. The second-order valence-corrected chi connectivity index (χ2v) is 9.60. The number of amides is 1. The molecule has 0 aliphatic heterocycles. The van der Waals surface area contributed by atoms with E-state index in [1.165, 1.54) is 12.1 Å². The first-order valence-electron chi connectivity index (χ1n) is 12.7. The molecule has 4 rings (SSSR count). The summed E-state index contributed by atoms with van der Waals surface area (Å²) in [6, 6.07) is 15.5. The number of aryl methyl sites for hydroxylation is 1. The van der Waals surface area contributed by atoms with E-state index < -0.39 is 18.1 Å². The third-order valence-corrected chi connectivity index (χ3v) is 6.62. The van der Waals surface area contributed by atoms with Gasteiger partial charge in [-0.1, -0.05) is 31.2 Å². The average Bonchev–Trinajstić information content (AvgIpc) is 2.92. The van der Waals surface area contributed by atoms with Crippen LogP contribution in [0.15, 0.2) is 71.7 Å². The maximum Gasteiger partial charge on any atom is 0.411 e. The number of halogens is 1. The number of aromatic amines is 1. The first-order chi connectivity index (χ1) is 19.2. The van der Waals surface area contributed by atoms with Crippen LogP contribution >= 0.6 is 0 Å². The van der Waals surface area contributed by atoms with Crippen molar-refractivity contribution in [1.29, 1.82) is 0 Å². The van der Waals surface area contributed by atoms with Crippen molar-refractivity contribution in [2.45, 2.75) is 32.4 Å². The molecule has 0 fully saturated rings. The van der Waals surface area contributed by atoms with Gasteiger partial charge in [0.1, 0.15) is 5.82 Å². The number of pyridine rings is 1. The number of aromatic nitrogens is 1. The highest BCUT2D eigenvalue weighted by molar-refractivity contribution is 5.86. The van der Waals surface area contributed by atoms with E-state index in [4.69, 9.17) is 4.74 Å².